The van der Waals surface area contributed by atoms with Crippen LogP contribution in [0.5, 0.6) is 0 Å². The molecule has 0 atom stereocenters. The third-order valence-electron chi connectivity index (χ3n) is 5.85. The highest BCUT2D eigenvalue weighted by Gasteiger charge is 2.24. The van der Waals surface area contributed by atoms with Crippen molar-refractivity contribution in [2.45, 2.75) is 13.3 Å². The molecule has 0 N–H and O–H groups in total. The van der Waals surface area contributed by atoms with Crippen LogP contribution in [-0.2, 0) is 6.42 Å². The molecule has 0 saturated carbocycles. The third kappa shape index (κ3) is 1.72. The first-order valence-corrected chi connectivity index (χ1v) is 9.12. The molecular weight excluding hydrogens is 314 g/mol. The SMILES string of the molecule is Cc1cc2c3c(cnc2c2ccccc12)-c1c(ccc2ccccc12)C3. The summed E-state index contributed by atoms with van der Waals surface area (Å²) in [6, 6.07) is 24.1. The lowest BCUT2D eigenvalue weighted by molar-refractivity contribution is 1.27. The Kier molecular flexibility index (Phi) is 2.66. The molecule has 0 aliphatic heterocycles. The van der Waals surface area contributed by atoms with Crippen molar-refractivity contribution in [1.82, 2.24) is 4.98 Å². The Hall–Kier alpha value is -3.19. The van der Waals surface area contributed by atoms with Gasteiger partial charge in [-0.1, -0.05) is 60.7 Å². The van der Waals surface area contributed by atoms with Gasteiger partial charge in [0.2, 0.25) is 0 Å². The second kappa shape index (κ2) is 4.92. The highest BCUT2D eigenvalue weighted by molar-refractivity contribution is 6.11. The molecule has 0 radical (unpaired) electrons. The van der Waals surface area contributed by atoms with Gasteiger partial charge >= 0.3 is 0 Å². The van der Waals surface area contributed by atoms with Crippen LogP contribution in [0, 0.1) is 6.92 Å². The Morgan fingerprint density at radius 1 is 0.769 bits per heavy atom. The summed E-state index contributed by atoms with van der Waals surface area (Å²) in [5.74, 6) is 0. The summed E-state index contributed by atoms with van der Waals surface area (Å²) in [6.07, 6.45) is 3.09. The van der Waals surface area contributed by atoms with Crippen LogP contribution in [0.1, 0.15) is 16.7 Å². The predicted octanol–water partition coefficient (Wildman–Crippen LogP) is 6.42. The van der Waals surface area contributed by atoms with Gasteiger partial charge in [0.05, 0.1) is 5.52 Å². The molecule has 0 fully saturated rings. The van der Waals surface area contributed by atoms with E-state index in [0.29, 0.717) is 0 Å². The molecule has 1 heteroatoms. The minimum absolute atomic E-state index is 0.992. The number of fused-ring (bicyclic) bond motifs is 9. The van der Waals surface area contributed by atoms with E-state index in [1.54, 1.807) is 0 Å². The average Bonchev–Trinajstić information content (AvgIpc) is 3.08. The summed E-state index contributed by atoms with van der Waals surface area (Å²) >= 11 is 0. The van der Waals surface area contributed by atoms with Gasteiger partial charge < -0.3 is 0 Å². The summed E-state index contributed by atoms with van der Waals surface area (Å²) < 4.78 is 0. The summed E-state index contributed by atoms with van der Waals surface area (Å²) in [5, 5.41) is 6.50. The van der Waals surface area contributed by atoms with Crippen LogP contribution in [0.3, 0.4) is 0 Å². The summed E-state index contributed by atoms with van der Waals surface area (Å²) in [5.41, 5.74) is 7.97. The van der Waals surface area contributed by atoms with Crippen LogP contribution >= 0.6 is 0 Å². The van der Waals surface area contributed by atoms with Gasteiger partial charge in [-0.05, 0) is 57.8 Å². The second-order valence-corrected chi connectivity index (χ2v) is 7.28. The van der Waals surface area contributed by atoms with E-state index in [2.05, 4.69) is 79.9 Å². The number of rotatable bonds is 0. The van der Waals surface area contributed by atoms with Crippen LogP contribution in [0.4, 0.5) is 0 Å². The van der Waals surface area contributed by atoms with Crippen molar-refractivity contribution < 1.29 is 0 Å². The van der Waals surface area contributed by atoms with Crippen molar-refractivity contribution in [2.75, 3.05) is 0 Å². The Balaban J connectivity index is 1.76. The molecule has 6 rings (SSSR count). The molecule has 1 heterocycles. The number of pyridine rings is 1. The Bertz CT molecular complexity index is 1360. The summed E-state index contributed by atoms with van der Waals surface area (Å²) in [6.45, 7) is 2.21. The molecule has 4 aromatic carbocycles. The van der Waals surface area contributed by atoms with Gasteiger partial charge in [0.1, 0.15) is 0 Å². The highest BCUT2D eigenvalue weighted by Crippen LogP contribution is 2.44. The van der Waals surface area contributed by atoms with Crippen LogP contribution in [0.2, 0.25) is 0 Å². The number of nitrogens with zero attached hydrogens (tertiary/aromatic N) is 1. The van der Waals surface area contributed by atoms with Gasteiger partial charge in [0.15, 0.2) is 0 Å². The molecule has 0 bridgehead atoms. The van der Waals surface area contributed by atoms with E-state index >= 15 is 0 Å². The van der Waals surface area contributed by atoms with Gasteiger partial charge in [0.25, 0.3) is 0 Å². The smallest absolute Gasteiger partial charge is 0.0783 e. The minimum Gasteiger partial charge on any atom is -0.255 e. The first kappa shape index (κ1) is 14.0. The highest BCUT2D eigenvalue weighted by atomic mass is 14.7. The van der Waals surface area contributed by atoms with Gasteiger partial charge in [-0.3, -0.25) is 4.98 Å². The molecule has 0 spiro atoms. The fourth-order valence-corrected chi connectivity index (χ4v) is 4.64. The standard InChI is InChI=1S/C25H17N/c1-15-12-22-21-13-17-11-10-16-6-2-3-8-19(16)24(17)23(21)14-26-25(22)20-9-5-4-7-18(15)20/h2-12,14H,13H2,1H3. The van der Waals surface area contributed by atoms with E-state index in [-0.39, 0.29) is 0 Å². The van der Waals surface area contributed by atoms with Crippen molar-refractivity contribution in [3.05, 3.63) is 89.6 Å². The van der Waals surface area contributed by atoms with Crippen LogP contribution in [0.25, 0.3) is 43.6 Å². The van der Waals surface area contributed by atoms with E-state index in [9.17, 15) is 0 Å². The first-order chi connectivity index (χ1) is 12.8. The predicted molar refractivity (Wildman–Crippen MR) is 110 cm³/mol. The molecule has 0 amide bonds. The number of aromatic nitrogens is 1. The van der Waals surface area contributed by atoms with E-state index < -0.39 is 0 Å². The zero-order chi connectivity index (χ0) is 17.3. The molecule has 0 unspecified atom stereocenters. The zero-order valence-electron chi connectivity index (χ0n) is 14.6. The van der Waals surface area contributed by atoms with Crippen molar-refractivity contribution >= 4 is 32.4 Å². The molecule has 122 valence electrons. The summed E-state index contributed by atoms with van der Waals surface area (Å²) in [7, 11) is 0. The molecular formula is C25H17N. The van der Waals surface area contributed by atoms with Crippen molar-refractivity contribution in [3.63, 3.8) is 0 Å². The summed E-state index contributed by atoms with van der Waals surface area (Å²) in [4.78, 5) is 4.93. The fourth-order valence-electron chi connectivity index (χ4n) is 4.64. The van der Waals surface area contributed by atoms with Crippen molar-refractivity contribution in [1.29, 1.82) is 0 Å². The molecule has 1 aromatic heterocycles. The van der Waals surface area contributed by atoms with E-state index in [1.165, 1.54) is 54.7 Å². The first-order valence-electron chi connectivity index (χ1n) is 9.12. The maximum atomic E-state index is 4.93. The van der Waals surface area contributed by atoms with Gasteiger partial charge in [-0.15, -0.1) is 0 Å². The Morgan fingerprint density at radius 3 is 2.42 bits per heavy atom. The largest absolute Gasteiger partial charge is 0.255 e. The Labute approximate surface area is 151 Å². The topological polar surface area (TPSA) is 12.9 Å². The maximum absolute atomic E-state index is 4.93. The maximum Gasteiger partial charge on any atom is 0.0783 e. The van der Waals surface area contributed by atoms with Crippen LogP contribution < -0.4 is 0 Å². The fraction of sp³-hybridized carbons (Fsp3) is 0.0800. The number of benzene rings is 4. The van der Waals surface area contributed by atoms with Gasteiger partial charge in [-0.2, -0.15) is 0 Å². The molecule has 26 heavy (non-hydrogen) atoms. The molecule has 5 aromatic rings. The molecule has 0 saturated heterocycles. The van der Waals surface area contributed by atoms with Crippen LogP contribution in [-0.4, -0.2) is 4.98 Å². The number of hydrogen-bond acceptors (Lipinski definition) is 1. The number of hydrogen-bond donors (Lipinski definition) is 0. The van der Waals surface area contributed by atoms with E-state index in [1.807, 2.05) is 0 Å². The lowest BCUT2D eigenvalue weighted by atomic mass is 9.96. The normalized spacial score (nSPS) is 12.7. The second-order valence-electron chi connectivity index (χ2n) is 7.28. The third-order valence-corrected chi connectivity index (χ3v) is 5.85. The van der Waals surface area contributed by atoms with Crippen LogP contribution in [0.15, 0.2) is 72.9 Å². The van der Waals surface area contributed by atoms with E-state index in [4.69, 9.17) is 4.98 Å². The lowest BCUT2D eigenvalue weighted by Gasteiger charge is -2.11. The lowest BCUT2D eigenvalue weighted by Crippen LogP contribution is -1.91. The monoisotopic (exact) mass is 331 g/mol. The van der Waals surface area contributed by atoms with Crippen molar-refractivity contribution in [2.24, 2.45) is 0 Å². The van der Waals surface area contributed by atoms with E-state index in [0.717, 1.165) is 11.9 Å². The Morgan fingerprint density at radius 2 is 1.54 bits per heavy atom. The van der Waals surface area contributed by atoms with Gasteiger partial charge in [-0.25, -0.2) is 0 Å². The quantitative estimate of drug-likeness (QED) is 0.293. The number of aryl methyl sites for hydroxylation is 1. The minimum atomic E-state index is 0.992. The molecule has 1 aliphatic carbocycles. The molecule has 1 nitrogen and oxygen atoms in total. The van der Waals surface area contributed by atoms with Crippen molar-refractivity contribution in [3.8, 4) is 11.1 Å². The zero-order valence-corrected chi connectivity index (χ0v) is 14.6. The molecule has 1 aliphatic rings. The van der Waals surface area contributed by atoms with Gasteiger partial charge in [0, 0.05) is 22.5 Å². The average molecular weight is 331 g/mol.